The molecule has 7 nitrogen and oxygen atoms in total. The van der Waals surface area contributed by atoms with E-state index in [9.17, 15) is 14.4 Å². The standard InChI is InChI=1S/C10H19N3O4S/c1-6(11)9(16)13-7(3-4-18-2)10(17)12-5-8(14)15/h6-7H,3-5,11H2,1-2H3,(H,12,17)(H,13,16)(H,14,15)/t6-,7-/m0/s1. The van der Waals surface area contributed by atoms with E-state index in [0.29, 0.717) is 12.2 Å². The van der Waals surface area contributed by atoms with Crippen LogP contribution >= 0.6 is 11.8 Å². The van der Waals surface area contributed by atoms with Crippen LogP contribution in [0, 0.1) is 0 Å². The van der Waals surface area contributed by atoms with Gasteiger partial charge in [0.05, 0.1) is 6.04 Å². The molecule has 0 aliphatic heterocycles. The molecule has 0 aromatic heterocycles. The summed E-state index contributed by atoms with van der Waals surface area (Å²) >= 11 is 1.53. The molecule has 0 saturated carbocycles. The second-order valence-electron chi connectivity index (χ2n) is 3.74. The van der Waals surface area contributed by atoms with Crippen LogP contribution in [0.3, 0.4) is 0 Å². The molecule has 0 rings (SSSR count). The number of carbonyl (C=O) groups excluding carboxylic acids is 2. The molecule has 0 aromatic carbocycles. The van der Waals surface area contributed by atoms with Crippen LogP contribution in [0.15, 0.2) is 0 Å². The lowest BCUT2D eigenvalue weighted by Crippen LogP contribution is -2.51. The molecule has 8 heteroatoms. The van der Waals surface area contributed by atoms with Crippen LogP contribution in [0.25, 0.3) is 0 Å². The fourth-order valence-corrected chi connectivity index (χ4v) is 1.57. The monoisotopic (exact) mass is 277 g/mol. The number of aliphatic carboxylic acids is 1. The van der Waals surface area contributed by atoms with Crippen molar-refractivity contribution in [1.82, 2.24) is 10.6 Å². The van der Waals surface area contributed by atoms with E-state index >= 15 is 0 Å². The van der Waals surface area contributed by atoms with Gasteiger partial charge in [0.25, 0.3) is 0 Å². The van der Waals surface area contributed by atoms with Crippen LogP contribution in [-0.4, -0.2) is 53.5 Å². The van der Waals surface area contributed by atoms with Gasteiger partial charge in [-0.15, -0.1) is 0 Å². The molecule has 0 unspecified atom stereocenters. The van der Waals surface area contributed by atoms with Gasteiger partial charge >= 0.3 is 5.97 Å². The summed E-state index contributed by atoms with van der Waals surface area (Å²) in [7, 11) is 0. The molecule has 2 atom stereocenters. The fraction of sp³-hybridized carbons (Fsp3) is 0.700. The Morgan fingerprint density at radius 2 is 1.94 bits per heavy atom. The van der Waals surface area contributed by atoms with Crippen molar-refractivity contribution in [1.29, 1.82) is 0 Å². The van der Waals surface area contributed by atoms with Crippen molar-refractivity contribution in [3.63, 3.8) is 0 Å². The van der Waals surface area contributed by atoms with Crippen LogP contribution < -0.4 is 16.4 Å². The van der Waals surface area contributed by atoms with Crippen LogP contribution in [-0.2, 0) is 14.4 Å². The number of hydrogen-bond acceptors (Lipinski definition) is 5. The molecular weight excluding hydrogens is 258 g/mol. The summed E-state index contributed by atoms with van der Waals surface area (Å²) in [6.07, 6.45) is 2.30. The lowest BCUT2D eigenvalue weighted by molar-refractivity contribution is -0.138. The first-order valence-corrected chi connectivity index (χ1v) is 6.82. The van der Waals surface area contributed by atoms with Crippen LogP contribution in [0.1, 0.15) is 13.3 Å². The van der Waals surface area contributed by atoms with Crippen molar-refractivity contribution in [2.24, 2.45) is 5.73 Å². The van der Waals surface area contributed by atoms with E-state index < -0.39 is 36.4 Å². The number of nitrogens with two attached hydrogens (primary N) is 1. The van der Waals surface area contributed by atoms with E-state index in [0.717, 1.165) is 0 Å². The molecule has 0 saturated heterocycles. The van der Waals surface area contributed by atoms with Crippen LogP contribution in [0.2, 0.25) is 0 Å². The number of rotatable bonds is 8. The predicted octanol–water partition coefficient (Wildman–Crippen LogP) is -1.23. The number of carboxylic acid groups (broad SMARTS) is 1. The molecule has 0 aromatic rings. The van der Waals surface area contributed by atoms with Crippen molar-refractivity contribution in [2.75, 3.05) is 18.6 Å². The Bertz CT molecular complexity index is 309. The van der Waals surface area contributed by atoms with Crippen LogP contribution in [0.4, 0.5) is 0 Å². The van der Waals surface area contributed by atoms with Gasteiger partial charge in [0.15, 0.2) is 0 Å². The number of thioether (sulfide) groups is 1. The number of nitrogens with one attached hydrogen (secondary N) is 2. The van der Waals surface area contributed by atoms with Gasteiger partial charge in [-0.05, 0) is 25.4 Å². The summed E-state index contributed by atoms with van der Waals surface area (Å²) in [5.74, 6) is -1.41. The maximum atomic E-state index is 11.7. The average Bonchev–Trinajstić information content (AvgIpc) is 2.30. The minimum absolute atomic E-state index is 0.422. The zero-order valence-electron chi connectivity index (χ0n) is 10.4. The zero-order chi connectivity index (χ0) is 14.1. The Morgan fingerprint density at radius 1 is 1.33 bits per heavy atom. The smallest absolute Gasteiger partial charge is 0.322 e. The number of carbonyl (C=O) groups is 3. The molecule has 0 bridgehead atoms. The van der Waals surface area contributed by atoms with Gasteiger partial charge in [0.1, 0.15) is 12.6 Å². The van der Waals surface area contributed by atoms with Crippen molar-refractivity contribution in [3.8, 4) is 0 Å². The highest BCUT2D eigenvalue weighted by molar-refractivity contribution is 7.98. The summed E-state index contributed by atoms with van der Waals surface area (Å²) in [4.78, 5) is 33.4. The van der Waals surface area contributed by atoms with Crippen molar-refractivity contribution in [2.45, 2.75) is 25.4 Å². The Hall–Kier alpha value is -1.28. The average molecular weight is 277 g/mol. The SMILES string of the molecule is CSCC[C@H](NC(=O)[C@H](C)N)C(=O)NCC(=O)O. The van der Waals surface area contributed by atoms with Gasteiger partial charge in [-0.25, -0.2) is 0 Å². The summed E-state index contributed by atoms with van der Waals surface area (Å²) in [6, 6.07) is -1.47. The second kappa shape index (κ2) is 8.76. The van der Waals surface area contributed by atoms with Gasteiger partial charge in [-0.2, -0.15) is 11.8 Å². The van der Waals surface area contributed by atoms with Gasteiger partial charge in [-0.1, -0.05) is 0 Å². The summed E-state index contributed by atoms with van der Waals surface area (Å²) in [5.41, 5.74) is 5.39. The van der Waals surface area contributed by atoms with E-state index in [-0.39, 0.29) is 0 Å². The maximum Gasteiger partial charge on any atom is 0.322 e. The van der Waals surface area contributed by atoms with E-state index in [1.54, 1.807) is 0 Å². The first kappa shape index (κ1) is 16.7. The molecule has 0 fully saturated rings. The highest BCUT2D eigenvalue weighted by Gasteiger charge is 2.21. The fourth-order valence-electron chi connectivity index (χ4n) is 1.09. The highest BCUT2D eigenvalue weighted by atomic mass is 32.2. The Morgan fingerprint density at radius 3 is 2.39 bits per heavy atom. The third-order valence-electron chi connectivity index (χ3n) is 2.07. The molecule has 0 spiro atoms. The Kier molecular flexibility index (Phi) is 8.14. The van der Waals surface area contributed by atoms with Gasteiger partial charge in [0.2, 0.25) is 11.8 Å². The minimum Gasteiger partial charge on any atom is -0.480 e. The Labute approximate surface area is 110 Å². The highest BCUT2D eigenvalue weighted by Crippen LogP contribution is 2.01. The summed E-state index contributed by atoms with van der Waals surface area (Å²) in [6.45, 7) is 1.04. The molecule has 2 amide bonds. The third-order valence-corrected chi connectivity index (χ3v) is 2.71. The predicted molar refractivity (Wildman–Crippen MR) is 69.2 cm³/mol. The molecule has 0 aliphatic carbocycles. The van der Waals surface area contributed by atoms with E-state index in [2.05, 4.69) is 10.6 Å². The normalized spacial score (nSPS) is 13.5. The zero-order valence-corrected chi connectivity index (χ0v) is 11.3. The molecule has 104 valence electrons. The quantitative estimate of drug-likeness (QED) is 0.441. The van der Waals surface area contributed by atoms with Gasteiger partial charge in [0, 0.05) is 0 Å². The summed E-state index contributed by atoms with van der Waals surface area (Å²) < 4.78 is 0. The number of amides is 2. The minimum atomic E-state index is -1.13. The van der Waals surface area contributed by atoms with Gasteiger partial charge < -0.3 is 21.5 Å². The molecule has 0 radical (unpaired) electrons. The topological polar surface area (TPSA) is 122 Å². The lowest BCUT2D eigenvalue weighted by Gasteiger charge is -2.18. The van der Waals surface area contributed by atoms with E-state index in [4.69, 9.17) is 10.8 Å². The molecule has 0 aliphatic rings. The lowest BCUT2D eigenvalue weighted by atomic mass is 10.2. The third kappa shape index (κ3) is 7.13. The Balaban J connectivity index is 4.41. The summed E-state index contributed by atoms with van der Waals surface area (Å²) in [5, 5.41) is 13.2. The first-order valence-electron chi connectivity index (χ1n) is 5.42. The van der Waals surface area contributed by atoms with E-state index in [1.165, 1.54) is 18.7 Å². The van der Waals surface area contributed by atoms with Gasteiger partial charge in [-0.3, -0.25) is 14.4 Å². The molecular formula is C10H19N3O4S. The molecule has 5 N–H and O–H groups in total. The van der Waals surface area contributed by atoms with E-state index in [1.807, 2.05) is 6.26 Å². The van der Waals surface area contributed by atoms with Crippen molar-refractivity contribution >= 4 is 29.5 Å². The first-order chi connectivity index (χ1) is 8.38. The number of carboxylic acids is 1. The molecule has 0 heterocycles. The second-order valence-corrected chi connectivity index (χ2v) is 4.73. The number of hydrogen-bond donors (Lipinski definition) is 4. The maximum absolute atomic E-state index is 11.7. The van der Waals surface area contributed by atoms with Crippen molar-refractivity contribution < 1.29 is 19.5 Å². The molecule has 18 heavy (non-hydrogen) atoms. The van der Waals surface area contributed by atoms with Crippen molar-refractivity contribution in [3.05, 3.63) is 0 Å². The largest absolute Gasteiger partial charge is 0.480 e. The van der Waals surface area contributed by atoms with Crippen LogP contribution in [0.5, 0.6) is 0 Å².